The molecule has 0 unspecified atom stereocenters. The number of aliphatic hydroxyl groups excluding tert-OH is 1. The van der Waals surface area contributed by atoms with Crippen molar-refractivity contribution in [3.05, 3.63) is 54.1 Å². The summed E-state index contributed by atoms with van der Waals surface area (Å²) in [6, 6.07) is 12.3. The van der Waals surface area contributed by atoms with Crippen molar-refractivity contribution in [3.63, 3.8) is 0 Å². The first-order valence-corrected chi connectivity index (χ1v) is 8.18. The minimum atomic E-state index is -3.49. The molecule has 0 aromatic heterocycles. The Balaban J connectivity index is 2.13. The Kier molecular flexibility index (Phi) is 4.79. The fraction of sp³-hybridized carbons (Fsp3) is 0.133. The standard InChI is InChI=1S/C15H16N2O4S/c16-12-3-1-2-11(10-12)15(19)17-13-4-6-14(7-5-13)22(20,21)9-8-18/h1-7,10,18H,8-9,16H2,(H,17,19). The molecule has 116 valence electrons. The second-order valence-electron chi connectivity index (χ2n) is 4.65. The first kappa shape index (κ1) is 16.0. The van der Waals surface area contributed by atoms with Gasteiger partial charge in [-0.1, -0.05) is 6.07 Å². The van der Waals surface area contributed by atoms with Gasteiger partial charge in [0.05, 0.1) is 17.3 Å². The molecule has 0 bridgehead atoms. The van der Waals surface area contributed by atoms with Gasteiger partial charge in [-0.25, -0.2) is 8.42 Å². The molecule has 4 N–H and O–H groups in total. The molecule has 2 aromatic rings. The van der Waals surface area contributed by atoms with Crippen LogP contribution >= 0.6 is 0 Å². The molecule has 0 saturated heterocycles. The van der Waals surface area contributed by atoms with Gasteiger partial charge in [-0.3, -0.25) is 4.79 Å². The van der Waals surface area contributed by atoms with E-state index >= 15 is 0 Å². The molecule has 0 aliphatic carbocycles. The Hall–Kier alpha value is -2.38. The van der Waals surface area contributed by atoms with Gasteiger partial charge in [0.25, 0.3) is 5.91 Å². The third kappa shape index (κ3) is 3.84. The zero-order chi connectivity index (χ0) is 16.2. The molecule has 2 aromatic carbocycles. The van der Waals surface area contributed by atoms with Crippen LogP contribution in [0.1, 0.15) is 10.4 Å². The number of anilines is 2. The molecular weight excluding hydrogens is 304 g/mol. The fourth-order valence-corrected chi connectivity index (χ4v) is 2.89. The lowest BCUT2D eigenvalue weighted by Crippen LogP contribution is -2.13. The van der Waals surface area contributed by atoms with Crippen LogP contribution in [0.5, 0.6) is 0 Å². The Morgan fingerprint density at radius 3 is 2.41 bits per heavy atom. The van der Waals surface area contributed by atoms with Gasteiger partial charge in [-0.2, -0.15) is 0 Å². The monoisotopic (exact) mass is 320 g/mol. The molecule has 7 heteroatoms. The van der Waals surface area contributed by atoms with E-state index in [1.54, 1.807) is 24.3 Å². The summed E-state index contributed by atoms with van der Waals surface area (Å²) >= 11 is 0. The number of nitrogens with two attached hydrogens (primary N) is 1. The van der Waals surface area contributed by atoms with Crippen molar-refractivity contribution in [1.29, 1.82) is 0 Å². The van der Waals surface area contributed by atoms with Gasteiger partial charge >= 0.3 is 0 Å². The second kappa shape index (κ2) is 6.59. The first-order chi connectivity index (χ1) is 10.4. The van der Waals surface area contributed by atoms with Gasteiger partial charge in [0, 0.05) is 16.9 Å². The molecule has 0 saturated carbocycles. The number of hydrogen-bond acceptors (Lipinski definition) is 5. The van der Waals surface area contributed by atoms with E-state index in [4.69, 9.17) is 10.8 Å². The summed E-state index contributed by atoms with van der Waals surface area (Å²) in [5.74, 6) is -0.666. The minimum Gasteiger partial charge on any atom is -0.399 e. The predicted molar refractivity (Wildman–Crippen MR) is 84.4 cm³/mol. The van der Waals surface area contributed by atoms with E-state index in [0.717, 1.165) is 0 Å². The molecule has 2 rings (SSSR count). The Labute approximate surface area is 128 Å². The number of benzene rings is 2. The van der Waals surface area contributed by atoms with E-state index < -0.39 is 16.4 Å². The molecule has 6 nitrogen and oxygen atoms in total. The van der Waals surface area contributed by atoms with Gasteiger partial charge in [-0.05, 0) is 42.5 Å². The van der Waals surface area contributed by atoms with Crippen molar-refractivity contribution in [3.8, 4) is 0 Å². The Bertz CT molecular complexity index is 770. The van der Waals surface area contributed by atoms with Gasteiger partial charge in [0.15, 0.2) is 9.84 Å². The molecule has 22 heavy (non-hydrogen) atoms. The predicted octanol–water partition coefficient (Wildman–Crippen LogP) is 1.29. The van der Waals surface area contributed by atoms with Gasteiger partial charge in [0.2, 0.25) is 0 Å². The third-order valence-corrected chi connectivity index (χ3v) is 4.69. The summed E-state index contributed by atoms with van der Waals surface area (Å²) in [4.78, 5) is 12.1. The number of carbonyl (C=O) groups is 1. The molecule has 0 spiro atoms. The van der Waals surface area contributed by atoms with Crippen LogP contribution in [0.2, 0.25) is 0 Å². The number of rotatable bonds is 5. The molecule has 0 atom stereocenters. The molecule has 0 radical (unpaired) electrons. The lowest BCUT2D eigenvalue weighted by molar-refractivity contribution is 0.102. The maximum atomic E-state index is 12.0. The number of amides is 1. The maximum Gasteiger partial charge on any atom is 0.255 e. The van der Waals surface area contributed by atoms with Gasteiger partial charge in [-0.15, -0.1) is 0 Å². The van der Waals surface area contributed by atoms with E-state index in [0.29, 0.717) is 16.9 Å². The van der Waals surface area contributed by atoms with Crippen LogP contribution in [-0.2, 0) is 9.84 Å². The molecule has 0 aliphatic heterocycles. The summed E-state index contributed by atoms with van der Waals surface area (Å²) in [5, 5.41) is 11.4. The van der Waals surface area contributed by atoms with Crippen LogP contribution in [0.15, 0.2) is 53.4 Å². The van der Waals surface area contributed by atoms with Crippen molar-refractivity contribution in [2.75, 3.05) is 23.4 Å². The number of aliphatic hydroxyl groups is 1. The van der Waals surface area contributed by atoms with Gasteiger partial charge < -0.3 is 16.2 Å². The number of sulfone groups is 1. The summed E-state index contributed by atoms with van der Waals surface area (Å²) < 4.78 is 23.5. The Morgan fingerprint density at radius 1 is 1.14 bits per heavy atom. The van der Waals surface area contributed by atoms with Crippen LogP contribution < -0.4 is 11.1 Å². The van der Waals surface area contributed by atoms with Crippen LogP contribution in [0, 0.1) is 0 Å². The van der Waals surface area contributed by atoms with E-state index in [1.165, 1.54) is 24.3 Å². The lowest BCUT2D eigenvalue weighted by atomic mass is 10.2. The second-order valence-corrected chi connectivity index (χ2v) is 6.76. The average Bonchev–Trinajstić information content (AvgIpc) is 2.47. The highest BCUT2D eigenvalue weighted by Crippen LogP contribution is 2.16. The topological polar surface area (TPSA) is 109 Å². The fourth-order valence-electron chi connectivity index (χ4n) is 1.87. The first-order valence-electron chi connectivity index (χ1n) is 6.53. The minimum absolute atomic E-state index is 0.100. The highest BCUT2D eigenvalue weighted by Gasteiger charge is 2.13. The summed E-state index contributed by atoms with van der Waals surface area (Å²) in [5.41, 5.74) is 6.99. The zero-order valence-corrected chi connectivity index (χ0v) is 12.5. The van der Waals surface area contributed by atoms with E-state index in [1.807, 2.05) is 0 Å². The van der Waals surface area contributed by atoms with Crippen LogP contribution in [0.25, 0.3) is 0 Å². The molecule has 0 fully saturated rings. The van der Waals surface area contributed by atoms with E-state index in [-0.39, 0.29) is 16.6 Å². The number of carbonyl (C=O) groups excluding carboxylic acids is 1. The average molecular weight is 320 g/mol. The maximum absolute atomic E-state index is 12.0. The van der Waals surface area contributed by atoms with Crippen molar-refractivity contribution >= 4 is 27.1 Å². The van der Waals surface area contributed by atoms with Crippen molar-refractivity contribution in [1.82, 2.24) is 0 Å². The van der Waals surface area contributed by atoms with E-state index in [2.05, 4.69) is 5.32 Å². The number of nitrogen functional groups attached to an aromatic ring is 1. The van der Waals surface area contributed by atoms with Crippen LogP contribution in [0.4, 0.5) is 11.4 Å². The summed E-state index contributed by atoms with van der Waals surface area (Å²) in [6.45, 7) is -0.434. The smallest absolute Gasteiger partial charge is 0.255 e. The van der Waals surface area contributed by atoms with Crippen molar-refractivity contribution in [2.45, 2.75) is 4.90 Å². The normalized spacial score (nSPS) is 11.1. The number of nitrogens with one attached hydrogen (secondary N) is 1. The highest BCUT2D eigenvalue weighted by molar-refractivity contribution is 7.91. The molecule has 0 aliphatic rings. The highest BCUT2D eigenvalue weighted by atomic mass is 32.2. The van der Waals surface area contributed by atoms with Crippen molar-refractivity contribution < 1.29 is 18.3 Å². The third-order valence-electron chi connectivity index (χ3n) is 2.98. The van der Waals surface area contributed by atoms with Crippen LogP contribution in [-0.4, -0.2) is 31.8 Å². The van der Waals surface area contributed by atoms with Crippen LogP contribution in [0.3, 0.4) is 0 Å². The summed E-state index contributed by atoms with van der Waals surface area (Å²) in [7, 11) is -3.49. The van der Waals surface area contributed by atoms with Gasteiger partial charge in [0.1, 0.15) is 0 Å². The molecule has 0 heterocycles. The number of hydrogen-bond donors (Lipinski definition) is 3. The largest absolute Gasteiger partial charge is 0.399 e. The summed E-state index contributed by atoms with van der Waals surface area (Å²) in [6.07, 6.45) is 0. The van der Waals surface area contributed by atoms with E-state index in [9.17, 15) is 13.2 Å². The molecular formula is C15H16N2O4S. The van der Waals surface area contributed by atoms with Crippen molar-refractivity contribution in [2.24, 2.45) is 0 Å². The quantitative estimate of drug-likeness (QED) is 0.719. The lowest BCUT2D eigenvalue weighted by Gasteiger charge is -2.07. The SMILES string of the molecule is Nc1cccc(C(=O)Nc2ccc(S(=O)(=O)CCO)cc2)c1. The zero-order valence-electron chi connectivity index (χ0n) is 11.7. The molecule has 1 amide bonds. The Morgan fingerprint density at radius 2 is 1.82 bits per heavy atom.